The van der Waals surface area contributed by atoms with Crippen molar-refractivity contribution >= 4 is 28.8 Å². The number of rotatable bonds is 2. The highest BCUT2D eigenvalue weighted by Crippen LogP contribution is 2.20. The Morgan fingerprint density at radius 2 is 2.04 bits per heavy atom. The van der Waals surface area contributed by atoms with Crippen LogP contribution in [0.5, 0.6) is 0 Å². The number of fused-ring (bicyclic) bond motifs is 1. The number of pyridine rings is 1. The number of amides is 1. The summed E-state index contributed by atoms with van der Waals surface area (Å²) in [4.78, 5) is 29.0. The fourth-order valence-electron chi connectivity index (χ4n) is 2.23. The molecule has 7 heteroatoms. The number of hydrogen-bond acceptors (Lipinski definition) is 3. The van der Waals surface area contributed by atoms with Crippen LogP contribution in [0.1, 0.15) is 16.1 Å². The molecule has 0 aliphatic carbocycles. The van der Waals surface area contributed by atoms with E-state index in [1.54, 1.807) is 25.1 Å². The lowest BCUT2D eigenvalue weighted by Gasteiger charge is -2.10. The molecule has 116 valence electrons. The lowest BCUT2D eigenvalue weighted by Crippen LogP contribution is -2.25. The summed E-state index contributed by atoms with van der Waals surface area (Å²) in [5.74, 6) is -1.56. The smallest absolute Gasteiger partial charge is 0.281 e. The molecule has 23 heavy (non-hydrogen) atoms. The van der Waals surface area contributed by atoms with Gasteiger partial charge in [0, 0.05) is 6.20 Å². The van der Waals surface area contributed by atoms with Crippen LogP contribution in [0.15, 0.2) is 47.4 Å². The molecule has 1 N–H and O–H groups in total. The molecule has 0 spiro atoms. The summed E-state index contributed by atoms with van der Waals surface area (Å²) in [5, 5.41) is 2.38. The molecule has 3 aromatic rings. The number of halogens is 2. The summed E-state index contributed by atoms with van der Waals surface area (Å²) >= 11 is 5.87. The molecule has 1 amide bonds. The van der Waals surface area contributed by atoms with Gasteiger partial charge in [-0.25, -0.2) is 9.37 Å². The first-order valence-corrected chi connectivity index (χ1v) is 7.10. The van der Waals surface area contributed by atoms with E-state index in [0.29, 0.717) is 11.3 Å². The number of benzene rings is 1. The van der Waals surface area contributed by atoms with E-state index in [4.69, 9.17) is 11.6 Å². The Kier molecular flexibility index (Phi) is 3.83. The lowest BCUT2D eigenvalue weighted by atomic mass is 10.2. The van der Waals surface area contributed by atoms with Crippen LogP contribution in [0.4, 0.5) is 10.1 Å². The molecule has 0 atom stereocenters. The fourth-order valence-corrected chi connectivity index (χ4v) is 2.48. The molecule has 1 aromatic carbocycles. The standard InChI is InChI=1S/C16H11ClFN3O2/c1-9-14(16(23)21-8-3-2-7-12(21)19-9)20-15(22)13-10(17)5-4-6-11(13)18/h2-8H,1H3,(H,20,22). The van der Waals surface area contributed by atoms with Gasteiger partial charge in [-0.3, -0.25) is 14.0 Å². The molecule has 2 heterocycles. The number of carbonyl (C=O) groups excluding carboxylic acids is 1. The van der Waals surface area contributed by atoms with Crippen molar-refractivity contribution in [1.82, 2.24) is 9.38 Å². The quantitative estimate of drug-likeness (QED) is 0.785. The summed E-state index contributed by atoms with van der Waals surface area (Å²) in [6, 6.07) is 9.01. The van der Waals surface area contributed by atoms with E-state index in [-0.39, 0.29) is 16.3 Å². The number of carbonyl (C=O) groups is 1. The second-order valence-corrected chi connectivity index (χ2v) is 5.26. The maximum Gasteiger partial charge on any atom is 0.281 e. The highest BCUT2D eigenvalue weighted by molar-refractivity contribution is 6.34. The van der Waals surface area contributed by atoms with Crippen LogP contribution >= 0.6 is 11.6 Å². The maximum absolute atomic E-state index is 13.8. The van der Waals surface area contributed by atoms with Crippen molar-refractivity contribution in [1.29, 1.82) is 0 Å². The average molecular weight is 332 g/mol. The van der Waals surface area contributed by atoms with E-state index < -0.39 is 17.3 Å². The molecule has 2 aromatic heterocycles. The third-order valence-electron chi connectivity index (χ3n) is 3.34. The minimum absolute atomic E-state index is 0.0157. The molecule has 0 aliphatic heterocycles. The third-order valence-corrected chi connectivity index (χ3v) is 3.66. The largest absolute Gasteiger partial charge is 0.316 e. The second kappa shape index (κ2) is 5.81. The summed E-state index contributed by atoms with van der Waals surface area (Å²) in [5.41, 5.74) is 0.0111. The first kappa shape index (κ1) is 15.2. The molecule has 0 unspecified atom stereocenters. The van der Waals surface area contributed by atoms with Crippen LogP contribution in [-0.2, 0) is 0 Å². The predicted molar refractivity (Wildman–Crippen MR) is 85.6 cm³/mol. The molecule has 0 aliphatic rings. The average Bonchev–Trinajstić information content (AvgIpc) is 2.51. The number of anilines is 1. The Balaban J connectivity index is 2.08. The highest BCUT2D eigenvalue weighted by Gasteiger charge is 2.19. The van der Waals surface area contributed by atoms with Gasteiger partial charge in [-0.1, -0.05) is 23.7 Å². The van der Waals surface area contributed by atoms with Crippen molar-refractivity contribution in [2.45, 2.75) is 6.92 Å². The normalized spacial score (nSPS) is 10.7. The summed E-state index contributed by atoms with van der Waals surface area (Å²) in [7, 11) is 0. The van der Waals surface area contributed by atoms with Crippen molar-refractivity contribution in [3.8, 4) is 0 Å². The molecule has 0 radical (unpaired) electrons. The molecule has 0 bridgehead atoms. The van der Waals surface area contributed by atoms with Gasteiger partial charge in [-0.15, -0.1) is 0 Å². The van der Waals surface area contributed by atoms with Crippen molar-refractivity contribution < 1.29 is 9.18 Å². The van der Waals surface area contributed by atoms with E-state index in [1.807, 2.05) is 0 Å². The highest BCUT2D eigenvalue weighted by atomic mass is 35.5. The zero-order valence-corrected chi connectivity index (χ0v) is 12.8. The Bertz CT molecular complexity index is 964. The number of hydrogen-bond donors (Lipinski definition) is 1. The van der Waals surface area contributed by atoms with Gasteiger partial charge in [0.1, 0.15) is 17.2 Å². The van der Waals surface area contributed by atoms with Gasteiger partial charge in [-0.2, -0.15) is 0 Å². The van der Waals surface area contributed by atoms with Crippen molar-refractivity contribution in [2.75, 3.05) is 5.32 Å². The molecule has 0 saturated carbocycles. The third kappa shape index (κ3) is 2.68. The lowest BCUT2D eigenvalue weighted by molar-refractivity contribution is 0.102. The summed E-state index contributed by atoms with van der Waals surface area (Å²) in [6.07, 6.45) is 1.54. The Labute approximate surface area is 135 Å². The van der Waals surface area contributed by atoms with E-state index >= 15 is 0 Å². The molecular weight excluding hydrogens is 321 g/mol. The van der Waals surface area contributed by atoms with Crippen molar-refractivity contribution in [3.05, 3.63) is 75.0 Å². The predicted octanol–water partition coefficient (Wildman–Crippen LogP) is 3.05. The first-order valence-electron chi connectivity index (χ1n) is 6.72. The minimum atomic E-state index is -0.800. The van der Waals surface area contributed by atoms with Crippen LogP contribution in [-0.4, -0.2) is 15.3 Å². The van der Waals surface area contributed by atoms with Crippen LogP contribution in [0, 0.1) is 12.7 Å². The minimum Gasteiger partial charge on any atom is -0.316 e. The zero-order chi connectivity index (χ0) is 16.6. The molecule has 3 rings (SSSR count). The van der Waals surface area contributed by atoms with Gasteiger partial charge < -0.3 is 5.32 Å². The monoisotopic (exact) mass is 331 g/mol. The van der Waals surface area contributed by atoms with Crippen molar-refractivity contribution in [2.24, 2.45) is 0 Å². The van der Waals surface area contributed by atoms with Gasteiger partial charge in [-0.05, 0) is 31.2 Å². The fraction of sp³-hybridized carbons (Fsp3) is 0.0625. The van der Waals surface area contributed by atoms with E-state index in [1.165, 1.54) is 22.7 Å². The number of nitrogens with zero attached hydrogens (tertiary/aromatic N) is 2. The second-order valence-electron chi connectivity index (χ2n) is 4.86. The number of aryl methyl sites for hydroxylation is 1. The van der Waals surface area contributed by atoms with Gasteiger partial charge in [0.25, 0.3) is 11.5 Å². The molecular formula is C16H11ClFN3O2. The molecule has 0 fully saturated rings. The van der Waals surface area contributed by atoms with Gasteiger partial charge in [0.2, 0.25) is 0 Å². The molecule has 0 saturated heterocycles. The molecule has 5 nitrogen and oxygen atoms in total. The van der Waals surface area contributed by atoms with Gasteiger partial charge in [0.15, 0.2) is 0 Å². The Morgan fingerprint density at radius 3 is 2.78 bits per heavy atom. The van der Waals surface area contributed by atoms with Crippen LogP contribution in [0.3, 0.4) is 0 Å². The van der Waals surface area contributed by atoms with Crippen LogP contribution < -0.4 is 10.9 Å². The SMILES string of the molecule is Cc1nc2ccccn2c(=O)c1NC(=O)c1c(F)cccc1Cl. The van der Waals surface area contributed by atoms with Crippen molar-refractivity contribution in [3.63, 3.8) is 0 Å². The Morgan fingerprint density at radius 1 is 1.26 bits per heavy atom. The topological polar surface area (TPSA) is 63.5 Å². The van der Waals surface area contributed by atoms with E-state index in [0.717, 1.165) is 6.07 Å². The first-order chi connectivity index (χ1) is 11.0. The summed E-state index contributed by atoms with van der Waals surface area (Å²) < 4.78 is 15.1. The van der Waals surface area contributed by atoms with Crippen LogP contribution in [0.2, 0.25) is 5.02 Å². The van der Waals surface area contributed by atoms with E-state index in [2.05, 4.69) is 10.3 Å². The van der Waals surface area contributed by atoms with E-state index in [9.17, 15) is 14.0 Å². The van der Waals surface area contributed by atoms with Crippen LogP contribution in [0.25, 0.3) is 5.65 Å². The Hall–Kier alpha value is -2.73. The number of aromatic nitrogens is 2. The van der Waals surface area contributed by atoms with Gasteiger partial charge >= 0.3 is 0 Å². The maximum atomic E-state index is 13.8. The zero-order valence-electron chi connectivity index (χ0n) is 12.0. The summed E-state index contributed by atoms with van der Waals surface area (Å²) in [6.45, 7) is 1.59. The number of nitrogens with one attached hydrogen (secondary N) is 1. The van der Waals surface area contributed by atoms with Gasteiger partial charge in [0.05, 0.1) is 16.3 Å².